The highest BCUT2D eigenvalue weighted by Gasteiger charge is 2.23. The topological polar surface area (TPSA) is 35.5 Å². The maximum Gasteiger partial charge on any atom is 0.384 e. The molecule has 2 aromatic carbocycles. The molecule has 1 unspecified atom stereocenters. The van der Waals surface area contributed by atoms with Crippen LogP contribution in [0.3, 0.4) is 0 Å². The van der Waals surface area contributed by atoms with Crippen molar-refractivity contribution in [3.63, 3.8) is 0 Å². The van der Waals surface area contributed by atoms with Crippen LogP contribution in [0, 0.1) is 11.8 Å². The maximum atomic E-state index is 11.2. The first kappa shape index (κ1) is 15.2. The van der Waals surface area contributed by atoms with E-state index in [-0.39, 0.29) is 6.10 Å². The van der Waals surface area contributed by atoms with Gasteiger partial charge in [-0.2, -0.15) is 0 Å². The lowest BCUT2D eigenvalue weighted by Gasteiger charge is -2.14. The number of carbonyl (C=O) groups excluding carboxylic acids is 1. The van der Waals surface area contributed by atoms with Crippen molar-refractivity contribution in [2.45, 2.75) is 25.9 Å². The van der Waals surface area contributed by atoms with Crippen LogP contribution in [0.15, 0.2) is 48.5 Å². The van der Waals surface area contributed by atoms with Gasteiger partial charge in [0.05, 0.1) is 6.61 Å². The van der Waals surface area contributed by atoms with Crippen molar-refractivity contribution in [2.24, 2.45) is 0 Å². The lowest BCUT2D eigenvalue weighted by atomic mass is 10.1. The molecule has 0 N–H and O–H groups in total. The van der Waals surface area contributed by atoms with Gasteiger partial charge in [-0.15, -0.1) is 0 Å². The van der Waals surface area contributed by atoms with E-state index in [4.69, 9.17) is 9.47 Å². The molecule has 0 bridgehead atoms. The molecule has 0 aliphatic heterocycles. The van der Waals surface area contributed by atoms with Gasteiger partial charge in [0.25, 0.3) is 0 Å². The van der Waals surface area contributed by atoms with Crippen LogP contribution in [0.5, 0.6) is 5.75 Å². The van der Waals surface area contributed by atoms with E-state index in [1.165, 1.54) is 11.1 Å². The van der Waals surface area contributed by atoms with Crippen LogP contribution in [-0.4, -0.2) is 12.6 Å². The molecule has 3 nitrogen and oxygen atoms in total. The summed E-state index contributed by atoms with van der Waals surface area (Å²) in [6, 6.07) is 15.9. The van der Waals surface area contributed by atoms with Crippen LogP contribution < -0.4 is 4.74 Å². The number of rotatable bonds is 3. The molecule has 1 aliphatic rings. The number of carbonyl (C=O) groups is 1. The summed E-state index contributed by atoms with van der Waals surface area (Å²) in [6.07, 6.45) is 2.18. The number of aryl methyl sites for hydroxylation is 1. The zero-order valence-electron chi connectivity index (χ0n) is 13.0. The van der Waals surface area contributed by atoms with Gasteiger partial charge in [-0.25, -0.2) is 4.79 Å². The third-order valence-corrected chi connectivity index (χ3v) is 3.79. The van der Waals surface area contributed by atoms with Crippen molar-refractivity contribution in [2.75, 3.05) is 6.61 Å². The fraction of sp³-hybridized carbons (Fsp3) is 0.250. The van der Waals surface area contributed by atoms with Crippen molar-refractivity contribution >= 4 is 5.97 Å². The Morgan fingerprint density at radius 3 is 2.74 bits per heavy atom. The molecular formula is C20H18O3. The Balaban J connectivity index is 1.66. The average Bonchev–Trinajstić information content (AvgIpc) is 2.98. The molecule has 0 amide bonds. The SMILES string of the molecule is CCOC(=O)C#Cc1ccc(OC2CCc3ccccc32)cc1. The Morgan fingerprint density at radius 1 is 1.17 bits per heavy atom. The van der Waals surface area contributed by atoms with Gasteiger partial charge in [-0.1, -0.05) is 30.2 Å². The van der Waals surface area contributed by atoms with E-state index >= 15 is 0 Å². The predicted molar refractivity (Wildman–Crippen MR) is 88.1 cm³/mol. The van der Waals surface area contributed by atoms with Crippen molar-refractivity contribution in [3.05, 3.63) is 65.2 Å². The molecule has 2 aromatic rings. The van der Waals surface area contributed by atoms with E-state index in [1.54, 1.807) is 6.92 Å². The number of ether oxygens (including phenoxy) is 2. The molecule has 3 rings (SSSR count). The van der Waals surface area contributed by atoms with Crippen molar-refractivity contribution in [3.8, 4) is 17.6 Å². The Morgan fingerprint density at radius 2 is 1.96 bits per heavy atom. The number of fused-ring (bicyclic) bond motifs is 1. The molecule has 23 heavy (non-hydrogen) atoms. The highest BCUT2D eigenvalue weighted by Crippen LogP contribution is 2.34. The van der Waals surface area contributed by atoms with E-state index in [9.17, 15) is 4.79 Å². The van der Waals surface area contributed by atoms with E-state index < -0.39 is 5.97 Å². The number of hydrogen-bond donors (Lipinski definition) is 0. The van der Waals surface area contributed by atoms with Gasteiger partial charge < -0.3 is 9.47 Å². The fourth-order valence-electron chi connectivity index (χ4n) is 2.71. The molecule has 0 spiro atoms. The average molecular weight is 306 g/mol. The summed E-state index contributed by atoms with van der Waals surface area (Å²) in [5.74, 6) is 5.55. The largest absolute Gasteiger partial charge is 0.486 e. The minimum atomic E-state index is -0.504. The van der Waals surface area contributed by atoms with Crippen LogP contribution in [-0.2, 0) is 16.0 Å². The highest BCUT2D eigenvalue weighted by atomic mass is 16.5. The molecule has 0 heterocycles. The van der Waals surface area contributed by atoms with E-state index in [0.717, 1.165) is 24.2 Å². The van der Waals surface area contributed by atoms with Gasteiger partial charge >= 0.3 is 5.97 Å². The molecule has 116 valence electrons. The van der Waals surface area contributed by atoms with Gasteiger partial charge in [0.1, 0.15) is 11.9 Å². The third-order valence-electron chi connectivity index (χ3n) is 3.79. The first-order chi connectivity index (χ1) is 11.3. The normalized spacial score (nSPS) is 15.3. The second kappa shape index (κ2) is 7.02. The summed E-state index contributed by atoms with van der Waals surface area (Å²) in [6.45, 7) is 2.09. The highest BCUT2D eigenvalue weighted by molar-refractivity contribution is 5.89. The van der Waals surface area contributed by atoms with Gasteiger partial charge in [-0.3, -0.25) is 0 Å². The quantitative estimate of drug-likeness (QED) is 0.641. The first-order valence-corrected chi connectivity index (χ1v) is 7.79. The molecule has 0 saturated carbocycles. The Hall–Kier alpha value is -2.73. The summed E-state index contributed by atoms with van der Waals surface area (Å²) < 4.78 is 10.9. The van der Waals surface area contributed by atoms with Crippen LogP contribution in [0.25, 0.3) is 0 Å². The zero-order chi connectivity index (χ0) is 16.1. The second-order valence-electron chi connectivity index (χ2n) is 5.34. The first-order valence-electron chi connectivity index (χ1n) is 7.79. The molecule has 1 aliphatic carbocycles. The Bertz CT molecular complexity index is 750. The summed E-state index contributed by atoms with van der Waals surface area (Å²) in [7, 11) is 0. The number of benzene rings is 2. The second-order valence-corrected chi connectivity index (χ2v) is 5.34. The minimum absolute atomic E-state index is 0.114. The molecule has 0 radical (unpaired) electrons. The summed E-state index contributed by atoms with van der Waals surface area (Å²) in [5, 5.41) is 0. The van der Waals surface area contributed by atoms with Gasteiger partial charge in [0.15, 0.2) is 0 Å². The van der Waals surface area contributed by atoms with Gasteiger partial charge in [-0.05, 0) is 55.2 Å². The Labute approximate surface area is 136 Å². The third kappa shape index (κ3) is 3.73. The zero-order valence-corrected chi connectivity index (χ0v) is 13.0. The van der Waals surface area contributed by atoms with E-state index in [0.29, 0.717) is 6.61 Å². The number of esters is 1. The van der Waals surface area contributed by atoms with Crippen molar-refractivity contribution in [1.29, 1.82) is 0 Å². The van der Waals surface area contributed by atoms with Gasteiger partial charge in [0, 0.05) is 11.5 Å². The molecule has 0 saturated heterocycles. The fourth-order valence-corrected chi connectivity index (χ4v) is 2.71. The Kier molecular flexibility index (Phi) is 4.63. The van der Waals surface area contributed by atoms with Crippen molar-refractivity contribution < 1.29 is 14.3 Å². The van der Waals surface area contributed by atoms with Crippen molar-refractivity contribution in [1.82, 2.24) is 0 Å². The van der Waals surface area contributed by atoms with E-state index in [2.05, 4.69) is 36.1 Å². The summed E-state index contributed by atoms with van der Waals surface area (Å²) >= 11 is 0. The maximum absolute atomic E-state index is 11.2. The van der Waals surface area contributed by atoms with Crippen LogP contribution in [0.1, 0.15) is 36.1 Å². The lowest BCUT2D eigenvalue weighted by Crippen LogP contribution is -2.03. The molecule has 1 atom stereocenters. The minimum Gasteiger partial charge on any atom is -0.486 e. The summed E-state index contributed by atoms with van der Waals surface area (Å²) in [5.41, 5.74) is 3.41. The molecular weight excluding hydrogens is 288 g/mol. The standard InChI is InChI=1S/C20H18O3/c1-2-22-20(21)14-9-15-7-11-17(12-8-15)23-19-13-10-16-5-3-4-6-18(16)19/h3-8,11-12,19H,2,10,13H2,1H3. The van der Waals surface area contributed by atoms with Crippen LogP contribution in [0.4, 0.5) is 0 Å². The molecule has 0 fully saturated rings. The summed E-state index contributed by atoms with van der Waals surface area (Å²) in [4.78, 5) is 11.2. The predicted octanol–water partition coefficient (Wildman–Crippen LogP) is 3.67. The monoisotopic (exact) mass is 306 g/mol. The van der Waals surface area contributed by atoms with Gasteiger partial charge in [0.2, 0.25) is 0 Å². The molecule has 3 heteroatoms. The smallest absolute Gasteiger partial charge is 0.384 e. The van der Waals surface area contributed by atoms with Crippen LogP contribution >= 0.6 is 0 Å². The van der Waals surface area contributed by atoms with Crippen LogP contribution in [0.2, 0.25) is 0 Å². The van der Waals surface area contributed by atoms with E-state index in [1.807, 2.05) is 24.3 Å². The molecule has 0 aromatic heterocycles. The lowest BCUT2D eigenvalue weighted by molar-refractivity contribution is -0.136. The number of hydrogen-bond acceptors (Lipinski definition) is 3.